The van der Waals surface area contributed by atoms with E-state index in [0.717, 1.165) is 5.69 Å². The van der Waals surface area contributed by atoms with E-state index in [1.807, 2.05) is 35.2 Å². The summed E-state index contributed by atoms with van der Waals surface area (Å²) in [6, 6.07) is 13.7. The molecular weight excluding hydrogens is 358 g/mol. The Morgan fingerprint density at radius 2 is 2.08 bits per heavy atom. The van der Waals surface area contributed by atoms with Crippen molar-refractivity contribution in [2.24, 2.45) is 0 Å². The van der Waals surface area contributed by atoms with Gasteiger partial charge in [-0.05, 0) is 54.7 Å². The number of nitrogens with one attached hydrogen (secondary N) is 1. The van der Waals surface area contributed by atoms with Gasteiger partial charge in [-0.2, -0.15) is 0 Å². The fourth-order valence-corrected chi connectivity index (χ4v) is 3.56. The molecule has 0 bridgehead atoms. The molecule has 1 saturated heterocycles. The topological polar surface area (TPSA) is 61.5 Å². The Morgan fingerprint density at radius 1 is 1.20 bits per heavy atom. The van der Waals surface area contributed by atoms with Crippen LogP contribution in [0.1, 0.15) is 23.5 Å². The van der Waals surface area contributed by atoms with Crippen LogP contribution < -0.4 is 10.2 Å². The number of pyridine rings is 1. The van der Waals surface area contributed by atoms with Crippen molar-refractivity contribution in [1.82, 2.24) is 10.3 Å². The highest BCUT2D eigenvalue weighted by molar-refractivity contribution is 7.80. The lowest BCUT2D eigenvalue weighted by Gasteiger charge is -2.26. The summed E-state index contributed by atoms with van der Waals surface area (Å²) in [5.74, 6) is 0.800. The van der Waals surface area contributed by atoms with Crippen molar-refractivity contribution in [3.63, 3.8) is 0 Å². The van der Waals surface area contributed by atoms with E-state index >= 15 is 0 Å². The van der Waals surface area contributed by atoms with E-state index < -0.39 is 0 Å². The van der Waals surface area contributed by atoms with Crippen molar-refractivity contribution in [3.05, 3.63) is 77.5 Å². The van der Waals surface area contributed by atoms with Crippen LogP contribution in [0.3, 0.4) is 0 Å². The van der Waals surface area contributed by atoms with Crippen LogP contribution in [0.25, 0.3) is 0 Å². The Kier molecular flexibility index (Phi) is 4.07. The van der Waals surface area contributed by atoms with Gasteiger partial charge in [-0.25, -0.2) is 0 Å². The standard InChI is InChI=1S/C18H14ClN3O2S/c19-11-6-7-14(23)13(10-11)22-17(15-5-3-9-24-15)16(21-18(22)25)12-4-1-2-8-20-12/h1-10,16-17,23H,(H,21,25)/t16-,17-/m1/s1. The third-order valence-corrected chi connectivity index (χ3v) is 4.68. The Morgan fingerprint density at radius 3 is 2.80 bits per heavy atom. The van der Waals surface area contributed by atoms with Crippen LogP contribution in [-0.4, -0.2) is 15.2 Å². The SMILES string of the molecule is Oc1ccc(Cl)cc1N1C(=S)N[C@H](c2ccccn2)[C@H]1c1ccco1. The maximum atomic E-state index is 10.4. The molecule has 4 rings (SSSR count). The number of phenols is 1. The molecule has 2 atom stereocenters. The Labute approximate surface area is 154 Å². The summed E-state index contributed by atoms with van der Waals surface area (Å²) in [5, 5.41) is 14.6. The van der Waals surface area contributed by atoms with Crippen molar-refractivity contribution in [2.75, 3.05) is 4.90 Å². The van der Waals surface area contributed by atoms with Crippen molar-refractivity contribution in [2.45, 2.75) is 12.1 Å². The van der Waals surface area contributed by atoms with Gasteiger partial charge in [0, 0.05) is 11.2 Å². The summed E-state index contributed by atoms with van der Waals surface area (Å²) >= 11 is 11.7. The minimum atomic E-state index is -0.304. The average Bonchev–Trinajstić information content (AvgIpc) is 3.25. The Bertz CT molecular complexity index is 902. The van der Waals surface area contributed by atoms with Gasteiger partial charge in [0.2, 0.25) is 0 Å². The van der Waals surface area contributed by atoms with Crippen LogP contribution in [0.4, 0.5) is 5.69 Å². The molecule has 0 aliphatic carbocycles. The van der Waals surface area contributed by atoms with E-state index in [0.29, 0.717) is 21.6 Å². The lowest BCUT2D eigenvalue weighted by Crippen LogP contribution is -2.29. The molecule has 7 heteroatoms. The zero-order valence-corrected chi connectivity index (χ0v) is 14.5. The molecule has 3 heterocycles. The maximum Gasteiger partial charge on any atom is 0.174 e. The number of anilines is 1. The highest BCUT2D eigenvalue weighted by Gasteiger charge is 2.43. The smallest absolute Gasteiger partial charge is 0.174 e. The van der Waals surface area contributed by atoms with Gasteiger partial charge < -0.3 is 19.7 Å². The van der Waals surface area contributed by atoms with E-state index in [1.54, 1.807) is 30.7 Å². The van der Waals surface area contributed by atoms with E-state index in [2.05, 4.69) is 10.3 Å². The molecular formula is C18H14ClN3O2S. The second-order valence-corrected chi connectivity index (χ2v) is 6.47. The highest BCUT2D eigenvalue weighted by Crippen LogP contribution is 2.44. The molecule has 0 saturated carbocycles. The molecule has 1 aliphatic heterocycles. The number of rotatable bonds is 3. The molecule has 25 heavy (non-hydrogen) atoms. The minimum absolute atomic E-state index is 0.0896. The number of furan rings is 1. The molecule has 2 N–H and O–H groups in total. The molecule has 3 aromatic rings. The monoisotopic (exact) mass is 371 g/mol. The predicted octanol–water partition coefficient (Wildman–Crippen LogP) is 4.21. The van der Waals surface area contributed by atoms with E-state index in [-0.39, 0.29) is 17.8 Å². The quantitative estimate of drug-likeness (QED) is 0.672. The number of aromatic hydroxyl groups is 1. The zero-order valence-electron chi connectivity index (χ0n) is 13.0. The molecule has 126 valence electrons. The minimum Gasteiger partial charge on any atom is -0.506 e. The van der Waals surface area contributed by atoms with Crippen LogP contribution in [0, 0.1) is 0 Å². The van der Waals surface area contributed by atoms with E-state index in [4.69, 9.17) is 28.2 Å². The Hall–Kier alpha value is -2.57. The summed E-state index contributed by atoms with van der Waals surface area (Å²) < 4.78 is 5.66. The number of benzene rings is 1. The number of halogens is 1. The van der Waals surface area contributed by atoms with Crippen LogP contribution in [0.15, 0.2) is 65.4 Å². The number of thiocarbonyl (C=S) groups is 1. The molecule has 0 amide bonds. The second kappa shape index (κ2) is 6.38. The van der Waals surface area contributed by atoms with Gasteiger partial charge in [0.15, 0.2) is 5.11 Å². The van der Waals surface area contributed by atoms with Crippen LogP contribution in [0.5, 0.6) is 5.75 Å². The normalized spacial score (nSPS) is 19.9. The fourth-order valence-electron chi connectivity index (χ4n) is 3.05. The van der Waals surface area contributed by atoms with Crippen molar-refractivity contribution < 1.29 is 9.52 Å². The Balaban J connectivity index is 1.85. The molecule has 1 fully saturated rings. The number of aromatic nitrogens is 1. The number of hydrogen-bond donors (Lipinski definition) is 2. The third kappa shape index (κ3) is 2.83. The van der Waals surface area contributed by atoms with Gasteiger partial charge in [0.1, 0.15) is 17.6 Å². The van der Waals surface area contributed by atoms with Gasteiger partial charge in [-0.15, -0.1) is 0 Å². The van der Waals surface area contributed by atoms with Gasteiger partial charge in [-0.3, -0.25) is 4.98 Å². The lowest BCUT2D eigenvalue weighted by atomic mass is 10.0. The number of hydrogen-bond acceptors (Lipinski definition) is 4. The summed E-state index contributed by atoms with van der Waals surface area (Å²) in [4.78, 5) is 6.26. The first kappa shape index (κ1) is 15.9. The van der Waals surface area contributed by atoms with Gasteiger partial charge in [0.05, 0.1) is 23.7 Å². The highest BCUT2D eigenvalue weighted by atomic mass is 35.5. The fraction of sp³-hybridized carbons (Fsp3) is 0.111. The summed E-state index contributed by atoms with van der Waals surface area (Å²) in [7, 11) is 0. The largest absolute Gasteiger partial charge is 0.506 e. The van der Waals surface area contributed by atoms with Crippen LogP contribution in [0.2, 0.25) is 5.02 Å². The van der Waals surface area contributed by atoms with Crippen molar-refractivity contribution in [1.29, 1.82) is 0 Å². The maximum absolute atomic E-state index is 10.4. The molecule has 1 aromatic carbocycles. The third-order valence-electron chi connectivity index (χ3n) is 4.13. The van der Waals surface area contributed by atoms with Gasteiger partial charge in [0.25, 0.3) is 0 Å². The second-order valence-electron chi connectivity index (χ2n) is 5.65. The lowest BCUT2D eigenvalue weighted by molar-refractivity contribution is 0.428. The van der Waals surface area contributed by atoms with E-state index in [9.17, 15) is 5.11 Å². The molecule has 0 radical (unpaired) electrons. The number of phenolic OH excluding ortho intramolecular Hbond substituents is 1. The molecule has 0 spiro atoms. The van der Waals surface area contributed by atoms with Gasteiger partial charge >= 0.3 is 0 Å². The van der Waals surface area contributed by atoms with Gasteiger partial charge in [-0.1, -0.05) is 17.7 Å². The molecule has 2 aromatic heterocycles. The molecule has 0 unspecified atom stereocenters. The number of nitrogens with zero attached hydrogens (tertiary/aromatic N) is 2. The molecule has 5 nitrogen and oxygen atoms in total. The zero-order chi connectivity index (χ0) is 17.4. The average molecular weight is 372 g/mol. The van der Waals surface area contributed by atoms with Crippen molar-refractivity contribution >= 4 is 34.6 Å². The van der Waals surface area contributed by atoms with E-state index in [1.165, 1.54) is 0 Å². The summed E-state index contributed by atoms with van der Waals surface area (Å²) in [6.07, 6.45) is 3.35. The van der Waals surface area contributed by atoms with Crippen LogP contribution in [-0.2, 0) is 0 Å². The first-order chi connectivity index (χ1) is 12.1. The first-order valence-corrected chi connectivity index (χ1v) is 8.46. The summed E-state index contributed by atoms with van der Waals surface area (Å²) in [5.41, 5.74) is 1.35. The summed E-state index contributed by atoms with van der Waals surface area (Å²) in [6.45, 7) is 0. The predicted molar refractivity (Wildman–Crippen MR) is 99.8 cm³/mol. The van der Waals surface area contributed by atoms with Crippen LogP contribution >= 0.6 is 23.8 Å². The molecule has 1 aliphatic rings. The van der Waals surface area contributed by atoms with Crippen molar-refractivity contribution in [3.8, 4) is 5.75 Å². The first-order valence-electron chi connectivity index (χ1n) is 7.68.